The molecule has 0 aliphatic rings. The molecule has 18 heteroatoms. The molecule has 0 saturated heterocycles. The fraction of sp³-hybridized carbons (Fsp3) is 0.231. The zero-order valence-electron chi connectivity index (χ0n) is 31.1. The smallest absolute Gasteiger partial charge is 0.337 e. The van der Waals surface area contributed by atoms with Gasteiger partial charge >= 0.3 is 11.9 Å². The molecular weight excluding hydrogens is 876 g/mol. The summed E-state index contributed by atoms with van der Waals surface area (Å²) in [6.45, 7) is 0.187. The molecule has 0 fully saturated rings. The third-order valence-corrected chi connectivity index (χ3v) is 9.55. The number of nitrogens with one attached hydrogen (secondary N) is 2. The van der Waals surface area contributed by atoms with E-state index in [1.54, 1.807) is 67.1 Å². The molecular formula is C39H42Br2N4O12. The van der Waals surface area contributed by atoms with Crippen LogP contribution in [0.4, 0.5) is 0 Å². The number of fused-ring (bicyclic) bond motifs is 3. The van der Waals surface area contributed by atoms with E-state index in [2.05, 4.69) is 46.3 Å². The van der Waals surface area contributed by atoms with E-state index in [0.717, 1.165) is 28.5 Å². The highest BCUT2D eigenvalue weighted by molar-refractivity contribution is 9.11. The molecule has 304 valence electrons. The van der Waals surface area contributed by atoms with E-state index >= 15 is 0 Å². The number of aliphatic hydroxyl groups excluding tert-OH is 3. The number of pyridine rings is 3. The van der Waals surface area contributed by atoms with Crippen molar-refractivity contribution in [3.8, 4) is 0 Å². The number of hydroxylamine groups is 1. The Bertz CT molecular complexity index is 2330. The Morgan fingerprint density at radius 2 is 1.05 bits per heavy atom. The minimum Gasteiger partial charge on any atom is -0.465 e. The Morgan fingerprint density at radius 3 is 1.46 bits per heavy atom. The number of carbonyl (C=O) groups excluding carboxylic acids is 3. The molecule has 6 rings (SSSR count). The van der Waals surface area contributed by atoms with E-state index in [-0.39, 0.29) is 48.5 Å². The van der Waals surface area contributed by atoms with Crippen LogP contribution in [-0.2, 0) is 22.6 Å². The highest BCUT2D eigenvalue weighted by Crippen LogP contribution is 2.15. The molecule has 0 saturated carbocycles. The first kappa shape index (κ1) is 47.7. The van der Waals surface area contributed by atoms with E-state index in [1.807, 2.05) is 0 Å². The van der Waals surface area contributed by atoms with Crippen LogP contribution in [-0.4, -0.2) is 97.7 Å². The quantitative estimate of drug-likeness (QED) is 0.0556. The SMILES string of the molecule is BrCCBr.CO.COC(=O)c1ccc2cc[nH]c(=O)c2c1.COC(=O)c1ccc2ccn(CCO)c(=O)c2c1.O=C(NO)c1ccc2ccn(CCO)c(=O)c2c1. The predicted molar refractivity (Wildman–Crippen MR) is 223 cm³/mol. The molecule has 16 nitrogen and oxygen atoms in total. The van der Waals surface area contributed by atoms with Gasteiger partial charge in [-0.1, -0.05) is 50.1 Å². The summed E-state index contributed by atoms with van der Waals surface area (Å²) in [5, 5.41) is 38.9. The van der Waals surface area contributed by atoms with Crippen molar-refractivity contribution in [2.24, 2.45) is 0 Å². The average Bonchev–Trinajstić information content (AvgIpc) is 3.26. The molecule has 3 heterocycles. The number of hydrogen-bond donors (Lipinski definition) is 6. The second-order valence-corrected chi connectivity index (χ2v) is 12.7. The molecule has 0 spiro atoms. The lowest BCUT2D eigenvalue weighted by atomic mass is 10.1. The molecule has 0 radical (unpaired) electrons. The van der Waals surface area contributed by atoms with Crippen LogP contribution in [0.1, 0.15) is 31.1 Å². The molecule has 0 aliphatic carbocycles. The molecule has 6 aromatic rings. The van der Waals surface area contributed by atoms with Gasteiger partial charge in [-0.2, -0.15) is 0 Å². The number of alkyl halides is 2. The average molecular weight is 919 g/mol. The Kier molecular flexibility index (Phi) is 20.8. The molecule has 1 amide bonds. The maximum Gasteiger partial charge on any atom is 0.337 e. The summed E-state index contributed by atoms with van der Waals surface area (Å²) in [4.78, 5) is 72.0. The van der Waals surface area contributed by atoms with Crippen LogP contribution in [0.25, 0.3) is 32.3 Å². The second kappa shape index (κ2) is 24.9. The van der Waals surface area contributed by atoms with E-state index in [0.29, 0.717) is 32.7 Å². The zero-order valence-corrected chi connectivity index (χ0v) is 34.3. The van der Waals surface area contributed by atoms with Gasteiger partial charge in [0.05, 0.1) is 38.6 Å². The Labute approximate surface area is 342 Å². The number of hydrogen-bond acceptors (Lipinski definition) is 12. The van der Waals surface area contributed by atoms with Gasteiger partial charge in [0.1, 0.15) is 0 Å². The highest BCUT2D eigenvalue weighted by Gasteiger charge is 2.10. The minimum atomic E-state index is -0.672. The fourth-order valence-electron chi connectivity index (χ4n) is 5.01. The van der Waals surface area contributed by atoms with E-state index < -0.39 is 17.8 Å². The monoisotopic (exact) mass is 916 g/mol. The van der Waals surface area contributed by atoms with E-state index in [4.69, 9.17) is 20.5 Å². The van der Waals surface area contributed by atoms with Gasteiger partial charge in [0.15, 0.2) is 0 Å². The molecule has 0 aliphatic heterocycles. The summed E-state index contributed by atoms with van der Waals surface area (Å²) in [5.74, 6) is -1.59. The lowest BCUT2D eigenvalue weighted by Gasteiger charge is -2.06. The zero-order chi connectivity index (χ0) is 42.5. The van der Waals surface area contributed by atoms with Crippen molar-refractivity contribution >= 4 is 82.0 Å². The number of benzene rings is 3. The molecule has 3 aromatic heterocycles. The lowest BCUT2D eigenvalue weighted by Crippen LogP contribution is -2.22. The van der Waals surface area contributed by atoms with Crippen molar-refractivity contribution in [2.75, 3.05) is 45.2 Å². The first-order valence-corrected chi connectivity index (χ1v) is 19.0. The molecule has 0 bridgehead atoms. The third-order valence-electron chi connectivity index (χ3n) is 7.69. The first-order chi connectivity index (χ1) is 27.5. The lowest BCUT2D eigenvalue weighted by molar-refractivity contribution is 0.0592. The molecule has 0 unspecified atom stereocenters. The summed E-state index contributed by atoms with van der Waals surface area (Å²) >= 11 is 6.40. The molecule has 6 N–H and O–H groups in total. The highest BCUT2D eigenvalue weighted by atomic mass is 79.9. The minimum absolute atomic E-state index is 0.109. The van der Waals surface area contributed by atoms with Crippen molar-refractivity contribution in [1.82, 2.24) is 19.6 Å². The Balaban J connectivity index is 0.000000276. The van der Waals surface area contributed by atoms with Crippen molar-refractivity contribution in [1.29, 1.82) is 0 Å². The van der Waals surface area contributed by atoms with Gasteiger partial charge < -0.3 is 38.9 Å². The van der Waals surface area contributed by atoms with Crippen molar-refractivity contribution in [3.05, 3.63) is 139 Å². The number of rotatable bonds is 8. The van der Waals surface area contributed by atoms with Crippen LogP contribution in [0.15, 0.2) is 106 Å². The molecule has 3 aromatic carbocycles. The number of methoxy groups -OCH3 is 2. The van der Waals surface area contributed by atoms with Crippen LogP contribution < -0.4 is 22.2 Å². The molecule has 57 heavy (non-hydrogen) atoms. The number of halogens is 2. The summed E-state index contributed by atoms with van der Waals surface area (Å²) in [6.07, 6.45) is 4.79. The summed E-state index contributed by atoms with van der Waals surface area (Å²) in [7, 11) is 3.60. The number of aromatic nitrogens is 3. The number of aliphatic hydroxyl groups is 3. The number of carbonyl (C=O) groups is 3. The summed E-state index contributed by atoms with van der Waals surface area (Å²) < 4.78 is 12.0. The number of H-pyrrole nitrogens is 1. The standard InChI is InChI=1S/C13H13NO4.C12H12N2O4.C11H9NO3.C2H4Br2.CH4O/c1-18-13(17)10-3-2-9-4-5-14(6-7-15)12(16)11(9)8-10;15-6-5-14-4-3-8-1-2-9(11(16)13-18)7-10(8)12(14)17;1-15-11(14)8-3-2-7-4-5-12-10(13)9(7)6-8;3-1-2-4;1-2/h2-5,8,15H,6-7H2,1H3;1-4,7,15,18H,5-6H2,(H,13,16);2-6H,1H3,(H,12,13);1-2H2;2H,1H3. The predicted octanol–water partition coefficient (Wildman–Crippen LogP) is 3.59. The van der Waals surface area contributed by atoms with E-state index in [9.17, 15) is 28.8 Å². The van der Waals surface area contributed by atoms with Gasteiger partial charge in [-0.25, -0.2) is 15.1 Å². The first-order valence-electron chi connectivity index (χ1n) is 16.8. The van der Waals surface area contributed by atoms with Crippen LogP contribution in [0.3, 0.4) is 0 Å². The fourth-order valence-corrected chi connectivity index (χ4v) is 5.01. The molecule has 0 atom stereocenters. The normalized spacial score (nSPS) is 9.98. The number of ether oxygens (including phenoxy) is 2. The van der Waals surface area contributed by atoms with Crippen molar-refractivity contribution in [3.63, 3.8) is 0 Å². The number of amides is 1. The van der Waals surface area contributed by atoms with Crippen LogP contribution in [0.2, 0.25) is 0 Å². The van der Waals surface area contributed by atoms with Gasteiger partial charge in [-0.3, -0.25) is 24.4 Å². The van der Waals surface area contributed by atoms with E-state index in [1.165, 1.54) is 53.1 Å². The Hall–Kier alpha value is -5.50. The van der Waals surface area contributed by atoms with Gasteiger partial charge in [0.2, 0.25) is 0 Å². The maximum atomic E-state index is 12.1. The Morgan fingerprint density at radius 1 is 0.649 bits per heavy atom. The topological polar surface area (TPSA) is 239 Å². The van der Waals surface area contributed by atoms with Crippen molar-refractivity contribution in [2.45, 2.75) is 13.1 Å². The van der Waals surface area contributed by atoms with Gasteiger partial charge in [0.25, 0.3) is 22.6 Å². The largest absolute Gasteiger partial charge is 0.465 e. The van der Waals surface area contributed by atoms with Crippen molar-refractivity contribution < 1.29 is 44.4 Å². The maximum absolute atomic E-state index is 12.1. The van der Waals surface area contributed by atoms with Gasteiger partial charge in [0, 0.05) is 71.2 Å². The number of nitrogens with zero attached hydrogens (tertiary/aromatic N) is 2. The number of aromatic amines is 1. The second-order valence-electron chi connectivity index (χ2n) is 11.1. The van der Waals surface area contributed by atoms with Gasteiger partial charge in [-0.15, -0.1) is 0 Å². The summed E-state index contributed by atoms with van der Waals surface area (Å²) in [6, 6.07) is 19.5. The van der Waals surface area contributed by atoms with Crippen LogP contribution in [0, 0.1) is 0 Å². The third kappa shape index (κ3) is 13.3. The van der Waals surface area contributed by atoms with Crippen LogP contribution >= 0.6 is 31.9 Å². The number of esters is 2. The van der Waals surface area contributed by atoms with Crippen LogP contribution in [0.5, 0.6) is 0 Å². The summed E-state index contributed by atoms with van der Waals surface area (Å²) in [5.41, 5.74) is 1.71. The van der Waals surface area contributed by atoms with Gasteiger partial charge in [-0.05, 0) is 70.8 Å².